The minimum absolute atomic E-state index is 0.0225. The molecule has 2 aliphatic rings. The maximum Gasteiger partial charge on any atom is 0.240 e. The van der Waals surface area contributed by atoms with E-state index in [0.29, 0.717) is 6.42 Å². The third-order valence-electron chi connectivity index (χ3n) is 3.62. The molecule has 104 valence electrons. The largest absolute Gasteiger partial charge is 0.346 e. The number of anilines is 1. The molecular formula is C14H17N5O. The molecule has 1 aromatic carbocycles. The Morgan fingerprint density at radius 2 is 2.25 bits per heavy atom. The van der Waals surface area contributed by atoms with Gasteiger partial charge in [-0.25, -0.2) is 5.43 Å². The van der Waals surface area contributed by atoms with E-state index < -0.39 is 0 Å². The Bertz CT molecular complexity index is 608. The molecule has 2 aliphatic heterocycles. The van der Waals surface area contributed by atoms with Crippen molar-refractivity contribution in [3.05, 3.63) is 29.3 Å². The first-order valence-electron chi connectivity index (χ1n) is 6.65. The number of benzene rings is 1. The van der Waals surface area contributed by atoms with Crippen LogP contribution in [0.5, 0.6) is 0 Å². The van der Waals surface area contributed by atoms with Crippen LogP contribution in [0.4, 0.5) is 5.69 Å². The van der Waals surface area contributed by atoms with Crippen LogP contribution < -0.4 is 16.1 Å². The highest BCUT2D eigenvalue weighted by Crippen LogP contribution is 2.29. The SMILES string of the molecule is CNC1N=CNc2cc(C3=NNC(=O)CC3C)ccc21. The van der Waals surface area contributed by atoms with Gasteiger partial charge >= 0.3 is 0 Å². The topological polar surface area (TPSA) is 77.9 Å². The quantitative estimate of drug-likeness (QED) is 0.757. The van der Waals surface area contributed by atoms with Gasteiger partial charge in [0, 0.05) is 29.2 Å². The van der Waals surface area contributed by atoms with Crippen LogP contribution in [0.25, 0.3) is 0 Å². The van der Waals surface area contributed by atoms with Crippen LogP contribution in [-0.2, 0) is 4.79 Å². The maximum atomic E-state index is 11.3. The molecule has 0 fully saturated rings. The van der Waals surface area contributed by atoms with Gasteiger partial charge in [0.2, 0.25) is 5.91 Å². The first kappa shape index (κ1) is 12.8. The maximum absolute atomic E-state index is 11.3. The van der Waals surface area contributed by atoms with E-state index in [1.807, 2.05) is 26.1 Å². The number of hydrogen-bond donors (Lipinski definition) is 3. The number of carbonyl (C=O) groups excluding carboxylic acids is 1. The van der Waals surface area contributed by atoms with Crippen LogP contribution in [0.15, 0.2) is 28.3 Å². The van der Waals surface area contributed by atoms with Crippen LogP contribution in [0.2, 0.25) is 0 Å². The molecular weight excluding hydrogens is 254 g/mol. The summed E-state index contributed by atoms with van der Waals surface area (Å²) in [6.45, 7) is 2.02. The zero-order valence-electron chi connectivity index (χ0n) is 11.5. The summed E-state index contributed by atoms with van der Waals surface area (Å²) in [4.78, 5) is 15.6. The Morgan fingerprint density at radius 1 is 1.40 bits per heavy atom. The first-order valence-corrected chi connectivity index (χ1v) is 6.65. The van der Waals surface area contributed by atoms with E-state index in [1.54, 1.807) is 6.34 Å². The lowest BCUT2D eigenvalue weighted by molar-refractivity contribution is -0.121. The molecule has 2 atom stereocenters. The molecule has 2 heterocycles. The summed E-state index contributed by atoms with van der Waals surface area (Å²) in [5.41, 5.74) is 6.61. The minimum Gasteiger partial charge on any atom is -0.346 e. The average molecular weight is 271 g/mol. The van der Waals surface area contributed by atoms with Crippen molar-refractivity contribution in [3.63, 3.8) is 0 Å². The minimum atomic E-state index is -0.0280. The predicted octanol–water partition coefficient (Wildman–Crippen LogP) is 1.22. The molecule has 2 unspecified atom stereocenters. The van der Waals surface area contributed by atoms with E-state index in [0.717, 1.165) is 22.5 Å². The molecule has 20 heavy (non-hydrogen) atoms. The van der Waals surface area contributed by atoms with Gasteiger partial charge in [0.25, 0.3) is 0 Å². The molecule has 1 amide bonds. The van der Waals surface area contributed by atoms with Gasteiger partial charge in [-0.05, 0) is 13.1 Å². The summed E-state index contributed by atoms with van der Waals surface area (Å²) in [5.74, 6) is 0.0962. The molecule has 0 saturated carbocycles. The van der Waals surface area contributed by atoms with Crippen LogP contribution in [0.3, 0.4) is 0 Å². The molecule has 0 bridgehead atoms. The summed E-state index contributed by atoms with van der Waals surface area (Å²) < 4.78 is 0. The number of hydrazone groups is 1. The highest BCUT2D eigenvalue weighted by Gasteiger charge is 2.23. The summed E-state index contributed by atoms with van der Waals surface area (Å²) >= 11 is 0. The van der Waals surface area contributed by atoms with Gasteiger partial charge in [-0.3, -0.25) is 15.1 Å². The van der Waals surface area contributed by atoms with E-state index in [9.17, 15) is 4.79 Å². The molecule has 0 saturated heterocycles. The van der Waals surface area contributed by atoms with E-state index in [-0.39, 0.29) is 18.0 Å². The number of rotatable bonds is 2. The van der Waals surface area contributed by atoms with Crippen molar-refractivity contribution in [3.8, 4) is 0 Å². The normalized spacial score (nSPS) is 24.5. The molecule has 0 aromatic heterocycles. The number of aliphatic imine (C=N–C) groups is 1. The van der Waals surface area contributed by atoms with Gasteiger partial charge in [-0.1, -0.05) is 19.1 Å². The van der Waals surface area contributed by atoms with Crippen molar-refractivity contribution in [2.24, 2.45) is 16.0 Å². The molecule has 0 radical (unpaired) electrons. The highest BCUT2D eigenvalue weighted by molar-refractivity contribution is 6.06. The summed E-state index contributed by atoms with van der Waals surface area (Å²) in [6, 6.07) is 6.12. The third-order valence-corrected chi connectivity index (χ3v) is 3.62. The Morgan fingerprint density at radius 3 is 3.00 bits per heavy atom. The molecule has 1 aromatic rings. The van der Waals surface area contributed by atoms with Crippen molar-refractivity contribution >= 4 is 23.6 Å². The van der Waals surface area contributed by atoms with E-state index in [1.165, 1.54) is 0 Å². The number of amides is 1. The lowest BCUT2D eigenvalue weighted by Gasteiger charge is -2.23. The smallest absolute Gasteiger partial charge is 0.240 e. The Balaban J connectivity index is 1.96. The molecule has 3 N–H and O–H groups in total. The average Bonchev–Trinajstić information content (AvgIpc) is 2.46. The van der Waals surface area contributed by atoms with Gasteiger partial charge in [0.15, 0.2) is 0 Å². The lowest BCUT2D eigenvalue weighted by atomic mass is 9.92. The zero-order valence-corrected chi connectivity index (χ0v) is 11.5. The highest BCUT2D eigenvalue weighted by atomic mass is 16.2. The fourth-order valence-corrected chi connectivity index (χ4v) is 2.57. The lowest BCUT2D eigenvalue weighted by Crippen LogP contribution is -2.32. The van der Waals surface area contributed by atoms with Gasteiger partial charge < -0.3 is 5.32 Å². The standard InChI is InChI=1S/C14H17N5O/c1-8-5-12(20)18-19-13(8)9-3-4-10-11(6-9)16-7-17-14(10)15-2/h3-4,6-8,14-15H,5H2,1-2H3,(H,16,17)(H,18,20). The van der Waals surface area contributed by atoms with E-state index >= 15 is 0 Å². The van der Waals surface area contributed by atoms with Gasteiger partial charge in [-0.2, -0.15) is 5.10 Å². The summed E-state index contributed by atoms with van der Waals surface area (Å²) in [6.07, 6.45) is 2.15. The third kappa shape index (κ3) is 2.18. The number of carbonyl (C=O) groups is 1. The molecule has 6 heteroatoms. The van der Waals surface area contributed by atoms with Crippen molar-refractivity contribution in [1.29, 1.82) is 0 Å². The van der Waals surface area contributed by atoms with Crippen molar-refractivity contribution in [1.82, 2.24) is 10.7 Å². The molecule has 3 rings (SSSR count). The van der Waals surface area contributed by atoms with Gasteiger partial charge in [-0.15, -0.1) is 0 Å². The Hall–Kier alpha value is -2.21. The van der Waals surface area contributed by atoms with Gasteiger partial charge in [0.1, 0.15) is 6.17 Å². The molecule has 0 spiro atoms. The van der Waals surface area contributed by atoms with Crippen LogP contribution in [0, 0.1) is 5.92 Å². The van der Waals surface area contributed by atoms with Crippen LogP contribution in [-0.4, -0.2) is 25.0 Å². The predicted molar refractivity (Wildman–Crippen MR) is 78.8 cm³/mol. The van der Waals surface area contributed by atoms with E-state index in [2.05, 4.69) is 32.2 Å². The second-order valence-electron chi connectivity index (χ2n) is 5.05. The Kier molecular flexibility index (Phi) is 3.23. The zero-order chi connectivity index (χ0) is 14.1. The van der Waals surface area contributed by atoms with E-state index in [4.69, 9.17) is 0 Å². The monoisotopic (exact) mass is 271 g/mol. The molecule has 0 aliphatic carbocycles. The molecule has 6 nitrogen and oxygen atoms in total. The van der Waals surface area contributed by atoms with Crippen LogP contribution >= 0.6 is 0 Å². The van der Waals surface area contributed by atoms with Gasteiger partial charge in [0.05, 0.1) is 12.1 Å². The summed E-state index contributed by atoms with van der Waals surface area (Å²) in [7, 11) is 1.88. The number of nitrogens with zero attached hydrogens (tertiary/aromatic N) is 2. The second-order valence-corrected chi connectivity index (χ2v) is 5.05. The summed E-state index contributed by atoms with van der Waals surface area (Å²) in [5, 5.41) is 10.5. The Labute approximate surface area is 117 Å². The van der Waals surface area contributed by atoms with Crippen LogP contribution in [0.1, 0.15) is 30.6 Å². The number of nitrogens with one attached hydrogen (secondary N) is 3. The number of hydrogen-bond acceptors (Lipinski definition) is 5. The fraction of sp³-hybridized carbons (Fsp3) is 0.357. The van der Waals surface area contributed by atoms with Crippen molar-refractivity contribution < 1.29 is 4.79 Å². The first-order chi connectivity index (χ1) is 9.69. The van der Waals surface area contributed by atoms with Crippen molar-refractivity contribution in [2.75, 3.05) is 12.4 Å². The second kappa shape index (κ2) is 5.05. The fourth-order valence-electron chi connectivity index (χ4n) is 2.57. The van der Waals surface area contributed by atoms with Crippen molar-refractivity contribution in [2.45, 2.75) is 19.5 Å². The number of fused-ring (bicyclic) bond motifs is 1.